The highest BCUT2D eigenvalue weighted by Gasteiger charge is 2.15. The van der Waals surface area contributed by atoms with Gasteiger partial charge in [-0.2, -0.15) is 4.39 Å². The zero-order valence-corrected chi connectivity index (χ0v) is 9.83. The monoisotopic (exact) mass is 243 g/mol. The molecule has 0 radical (unpaired) electrons. The zero-order valence-electron chi connectivity index (χ0n) is 9.83. The molecule has 4 nitrogen and oxygen atoms in total. The van der Waals surface area contributed by atoms with E-state index < -0.39 is 17.7 Å². The normalized spacial score (nSPS) is 10.6. The van der Waals surface area contributed by atoms with Crippen molar-refractivity contribution >= 4 is 5.91 Å². The SMILES string of the molecule is CN(C)CCCNC(=O)c1ccnc(F)c1F. The lowest BCUT2D eigenvalue weighted by molar-refractivity contribution is 0.0947. The smallest absolute Gasteiger partial charge is 0.254 e. The average Bonchev–Trinajstić information content (AvgIpc) is 2.27. The van der Waals surface area contributed by atoms with Crippen LogP contribution >= 0.6 is 0 Å². The fraction of sp³-hybridized carbons (Fsp3) is 0.455. The van der Waals surface area contributed by atoms with E-state index in [1.807, 2.05) is 19.0 Å². The number of aromatic nitrogens is 1. The van der Waals surface area contributed by atoms with Gasteiger partial charge in [-0.3, -0.25) is 4.79 Å². The first kappa shape index (κ1) is 13.5. The summed E-state index contributed by atoms with van der Waals surface area (Å²) in [5.41, 5.74) is -0.317. The molecular formula is C11H15F2N3O. The summed E-state index contributed by atoms with van der Waals surface area (Å²) in [4.78, 5) is 16.6. The summed E-state index contributed by atoms with van der Waals surface area (Å²) in [5.74, 6) is -3.09. The van der Waals surface area contributed by atoms with E-state index in [1.165, 1.54) is 0 Å². The lowest BCUT2D eigenvalue weighted by atomic mass is 10.2. The molecule has 0 unspecified atom stereocenters. The third-order valence-electron chi connectivity index (χ3n) is 2.16. The highest BCUT2D eigenvalue weighted by atomic mass is 19.2. The first-order chi connectivity index (χ1) is 8.02. The van der Waals surface area contributed by atoms with Crippen molar-refractivity contribution in [1.29, 1.82) is 0 Å². The number of halogens is 2. The van der Waals surface area contributed by atoms with Crippen LogP contribution in [0.2, 0.25) is 0 Å². The Morgan fingerprint density at radius 2 is 2.18 bits per heavy atom. The summed E-state index contributed by atoms with van der Waals surface area (Å²) in [6.07, 6.45) is 1.81. The molecule has 0 aliphatic rings. The van der Waals surface area contributed by atoms with Gasteiger partial charge in [-0.15, -0.1) is 0 Å². The van der Waals surface area contributed by atoms with Gasteiger partial charge in [-0.25, -0.2) is 9.37 Å². The van der Waals surface area contributed by atoms with Gasteiger partial charge in [-0.05, 0) is 33.1 Å². The number of carbonyl (C=O) groups is 1. The first-order valence-corrected chi connectivity index (χ1v) is 5.25. The quantitative estimate of drug-likeness (QED) is 0.621. The van der Waals surface area contributed by atoms with E-state index in [4.69, 9.17) is 0 Å². The molecule has 0 saturated heterocycles. The predicted molar refractivity (Wildman–Crippen MR) is 59.7 cm³/mol. The van der Waals surface area contributed by atoms with Gasteiger partial charge in [0.15, 0.2) is 5.82 Å². The molecule has 0 fully saturated rings. The lowest BCUT2D eigenvalue weighted by Gasteiger charge is -2.10. The highest BCUT2D eigenvalue weighted by Crippen LogP contribution is 2.08. The molecule has 1 aromatic rings. The molecule has 1 amide bonds. The lowest BCUT2D eigenvalue weighted by Crippen LogP contribution is -2.28. The first-order valence-electron chi connectivity index (χ1n) is 5.25. The van der Waals surface area contributed by atoms with Crippen LogP contribution in [0.25, 0.3) is 0 Å². The Balaban J connectivity index is 2.50. The van der Waals surface area contributed by atoms with Crippen molar-refractivity contribution in [1.82, 2.24) is 15.2 Å². The number of hydrogen-bond acceptors (Lipinski definition) is 3. The fourth-order valence-corrected chi connectivity index (χ4v) is 1.29. The molecule has 1 rings (SSSR count). The number of rotatable bonds is 5. The molecule has 1 N–H and O–H groups in total. The minimum atomic E-state index is -1.26. The minimum Gasteiger partial charge on any atom is -0.352 e. The Bertz CT molecular complexity index is 396. The van der Waals surface area contributed by atoms with Crippen molar-refractivity contribution in [2.24, 2.45) is 0 Å². The second kappa shape index (κ2) is 6.24. The van der Waals surface area contributed by atoms with Gasteiger partial charge in [0.25, 0.3) is 5.91 Å². The van der Waals surface area contributed by atoms with Gasteiger partial charge < -0.3 is 10.2 Å². The van der Waals surface area contributed by atoms with E-state index in [-0.39, 0.29) is 5.56 Å². The third kappa shape index (κ3) is 4.07. The molecule has 0 aliphatic heterocycles. The fourth-order valence-electron chi connectivity index (χ4n) is 1.29. The van der Waals surface area contributed by atoms with Crippen molar-refractivity contribution in [3.63, 3.8) is 0 Å². The van der Waals surface area contributed by atoms with Crippen molar-refractivity contribution in [3.05, 3.63) is 29.6 Å². The summed E-state index contributed by atoms with van der Waals surface area (Å²) in [6, 6.07) is 1.15. The minimum absolute atomic E-state index is 0.317. The van der Waals surface area contributed by atoms with Crippen LogP contribution in [0.15, 0.2) is 12.3 Å². The Hall–Kier alpha value is -1.56. The molecule has 0 aliphatic carbocycles. The second-order valence-corrected chi connectivity index (χ2v) is 3.88. The van der Waals surface area contributed by atoms with Gasteiger partial charge >= 0.3 is 0 Å². The number of pyridine rings is 1. The maximum Gasteiger partial charge on any atom is 0.254 e. The van der Waals surface area contributed by atoms with Crippen LogP contribution < -0.4 is 5.32 Å². The predicted octanol–water partition coefficient (Wildman–Crippen LogP) is 1.04. The van der Waals surface area contributed by atoms with Crippen molar-refractivity contribution in [2.45, 2.75) is 6.42 Å². The summed E-state index contributed by atoms with van der Waals surface area (Å²) in [5, 5.41) is 2.52. The molecule has 94 valence electrons. The maximum atomic E-state index is 13.2. The number of hydrogen-bond donors (Lipinski definition) is 1. The second-order valence-electron chi connectivity index (χ2n) is 3.88. The molecule has 0 aromatic carbocycles. The van der Waals surface area contributed by atoms with Crippen LogP contribution in [0.5, 0.6) is 0 Å². The zero-order chi connectivity index (χ0) is 12.8. The largest absolute Gasteiger partial charge is 0.352 e. The van der Waals surface area contributed by atoms with Gasteiger partial charge in [0.2, 0.25) is 5.95 Å². The number of carbonyl (C=O) groups excluding carboxylic acids is 1. The summed E-state index contributed by atoms with van der Waals surface area (Å²) in [7, 11) is 3.83. The van der Waals surface area contributed by atoms with Gasteiger partial charge in [0, 0.05) is 12.7 Å². The Labute approximate surface area is 98.6 Å². The van der Waals surface area contributed by atoms with E-state index in [0.29, 0.717) is 6.54 Å². The van der Waals surface area contributed by atoms with Crippen LogP contribution in [0, 0.1) is 11.8 Å². The summed E-state index contributed by atoms with van der Waals surface area (Å²) in [6.45, 7) is 1.23. The molecule has 17 heavy (non-hydrogen) atoms. The van der Waals surface area contributed by atoms with E-state index in [2.05, 4.69) is 10.3 Å². The molecule has 0 atom stereocenters. The van der Waals surface area contributed by atoms with Crippen molar-refractivity contribution in [2.75, 3.05) is 27.2 Å². The van der Waals surface area contributed by atoms with Gasteiger partial charge in [-0.1, -0.05) is 0 Å². The third-order valence-corrected chi connectivity index (χ3v) is 2.16. The molecule has 0 saturated carbocycles. The van der Waals surface area contributed by atoms with Crippen molar-refractivity contribution in [3.8, 4) is 0 Å². The van der Waals surface area contributed by atoms with Crippen LogP contribution in [-0.4, -0.2) is 43.0 Å². The molecule has 1 aromatic heterocycles. The van der Waals surface area contributed by atoms with Crippen molar-refractivity contribution < 1.29 is 13.6 Å². The van der Waals surface area contributed by atoms with Crippen LogP contribution in [0.4, 0.5) is 8.78 Å². The number of amides is 1. The van der Waals surface area contributed by atoms with Gasteiger partial charge in [0.05, 0.1) is 5.56 Å². The Morgan fingerprint density at radius 1 is 1.47 bits per heavy atom. The van der Waals surface area contributed by atoms with Crippen LogP contribution in [-0.2, 0) is 0 Å². The Kier molecular flexibility index (Phi) is 4.96. The average molecular weight is 243 g/mol. The van der Waals surface area contributed by atoms with E-state index in [0.717, 1.165) is 25.2 Å². The van der Waals surface area contributed by atoms with E-state index in [1.54, 1.807) is 0 Å². The van der Waals surface area contributed by atoms with E-state index >= 15 is 0 Å². The molecule has 0 bridgehead atoms. The maximum absolute atomic E-state index is 13.2. The number of nitrogens with one attached hydrogen (secondary N) is 1. The molecular weight excluding hydrogens is 228 g/mol. The molecule has 1 heterocycles. The van der Waals surface area contributed by atoms with Gasteiger partial charge in [0.1, 0.15) is 0 Å². The molecule has 0 spiro atoms. The molecule has 6 heteroatoms. The summed E-state index contributed by atoms with van der Waals surface area (Å²) >= 11 is 0. The summed E-state index contributed by atoms with van der Waals surface area (Å²) < 4.78 is 25.9. The topological polar surface area (TPSA) is 45.2 Å². The van der Waals surface area contributed by atoms with Crippen LogP contribution in [0.3, 0.4) is 0 Å². The van der Waals surface area contributed by atoms with Crippen LogP contribution in [0.1, 0.15) is 16.8 Å². The Morgan fingerprint density at radius 3 is 2.82 bits per heavy atom. The highest BCUT2D eigenvalue weighted by molar-refractivity contribution is 5.94. The standard InChI is InChI=1S/C11H15F2N3O/c1-16(2)7-3-5-15-11(17)8-4-6-14-10(13)9(8)12/h4,6H,3,5,7H2,1-2H3,(H,15,17). The number of nitrogens with zero attached hydrogens (tertiary/aromatic N) is 2. The van der Waals surface area contributed by atoms with E-state index in [9.17, 15) is 13.6 Å².